The second kappa shape index (κ2) is 8.08. The molecular formula is C20H22FNO4S. The van der Waals surface area contributed by atoms with Crippen molar-refractivity contribution < 1.29 is 23.4 Å². The topological polar surface area (TPSA) is 48.0 Å². The van der Waals surface area contributed by atoms with Crippen molar-refractivity contribution in [2.75, 3.05) is 33.6 Å². The lowest BCUT2D eigenvalue weighted by Gasteiger charge is -2.26. The predicted octanol–water partition coefficient (Wildman–Crippen LogP) is 4.05. The Morgan fingerprint density at radius 3 is 2.37 bits per heavy atom. The smallest absolute Gasteiger partial charge is 0.255 e. The average molecular weight is 391 g/mol. The average Bonchev–Trinajstić information content (AvgIpc) is 3.17. The number of hydrogen-bond acceptors (Lipinski definition) is 5. The minimum atomic E-state index is -0.382. The summed E-state index contributed by atoms with van der Waals surface area (Å²) in [4.78, 5) is 14.8. The first-order valence-electron chi connectivity index (χ1n) is 8.48. The van der Waals surface area contributed by atoms with Gasteiger partial charge in [-0.2, -0.15) is 0 Å². The second-order valence-corrected chi connectivity index (χ2v) is 7.32. The van der Waals surface area contributed by atoms with Crippen LogP contribution in [0.1, 0.15) is 26.9 Å². The molecule has 1 fully saturated rings. The number of nitrogens with zero attached hydrogens (tertiary/aromatic N) is 1. The molecule has 7 heteroatoms. The molecule has 0 aromatic heterocycles. The zero-order valence-electron chi connectivity index (χ0n) is 15.7. The van der Waals surface area contributed by atoms with Crippen molar-refractivity contribution in [2.24, 2.45) is 0 Å². The van der Waals surface area contributed by atoms with Crippen LogP contribution < -0.4 is 14.2 Å². The molecule has 1 unspecified atom stereocenters. The van der Waals surface area contributed by atoms with E-state index in [-0.39, 0.29) is 17.1 Å². The van der Waals surface area contributed by atoms with Gasteiger partial charge in [0.25, 0.3) is 5.91 Å². The number of halogens is 1. The maximum absolute atomic E-state index is 13.9. The van der Waals surface area contributed by atoms with E-state index in [0.717, 1.165) is 11.3 Å². The number of amides is 1. The fourth-order valence-electron chi connectivity index (χ4n) is 3.07. The third-order valence-corrected chi connectivity index (χ3v) is 5.82. The Morgan fingerprint density at radius 1 is 1.07 bits per heavy atom. The molecular weight excluding hydrogens is 369 g/mol. The molecule has 0 N–H and O–H groups in total. The largest absolute Gasteiger partial charge is 0.496 e. The van der Waals surface area contributed by atoms with E-state index in [1.165, 1.54) is 6.07 Å². The van der Waals surface area contributed by atoms with Crippen molar-refractivity contribution in [1.82, 2.24) is 4.90 Å². The van der Waals surface area contributed by atoms with Gasteiger partial charge in [-0.3, -0.25) is 4.79 Å². The molecule has 1 saturated heterocycles. The van der Waals surface area contributed by atoms with Crippen LogP contribution in [0, 0.1) is 12.7 Å². The lowest BCUT2D eigenvalue weighted by Crippen LogP contribution is -2.30. The molecule has 3 rings (SSSR count). The Morgan fingerprint density at radius 2 is 1.74 bits per heavy atom. The Balaban J connectivity index is 1.98. The fraction of sp³-hybridized carbons (Fsp3) is 0.350. The summed E-state index contributed by atoms with van der Waals surface area (Å²) in [6, 6.07) is 8.16. The molecule has 1 aliphatic rings. The first-order valence-corrected chi connectivity index (χ1v) is 9.53. The summed E-state index contributed by atoms with van der Waals surface area (Å²) in [5, 5.41) is -0.253. The van der Waals surface area contributed by atoms with Crippen LogP contribution in [-0.2, 0) is 0 Å². The molecule has 2 aromatic carbocycles. The van der Waals surface area contributed by atoms with Gasteiger partial charge in [-0.25, -0.2) is 4.39 Å². The molecule has 0 radical (unpaired) electrons. The predicted molar refractivity (Wildman–Crippen MR) is 103 cm³/mol. The quantitative estimate of drug-likeness (QED) is 0.770. The Bertz CT molecular complexity index is 858. The van der Waals surface area contributed by atoms with Crippen molar-refractivity contribution in [2.45, 2.75) is 12.3 Å². The molecule has 0 bridgehead atoms. The van der Waals surface area contributed by atoms with E-state index >= 15 is 0 Å². The van der Waals surface area contributed by atoms with Gasteiger partial charge in [0.1, 0.15) is 16.9 Å². The first kappa shape index (κ1) is 19.4. The fourth-order valence-corrected chi connectivity index (χ4v) is 4.34. The van der Waals surface area contributed by atoms with Crippen molar-refractivity contribution in [3.05, 3.63) is 52.8 Å². The van der Waals surface area contributed by atoms with Crippen LogP contribution in [-0.4, -0.2) is 44.4 Å². The standard InChI is InChI=1S/C20H22FNO4S/c1-12-5-6-13(9-15(12)21)19(23)22-7-8-27-20(22)14-10-17(25-3)18(26-4)11-16(14)24-2/h5-6,9-11,20H,7-8H2,1-4H3. The maximum atomic E-state index is 13.9. The number of benzene rings is 2. The van der Waals surface area contributed by atoms with Crippen LogP contribution in [0.4, 0.5) is 4.39 Å². The van der Waals surface area contributed by atoms with E-state index in [1.54, 1.807) is 63.1 Å². The highest BCUT2D eigenvalue weighted by Gasteiger charge is 2.34. The minimum Gasteiger partial charge on any atom is -0.496 e. The van der Waals surface area contributed by atoms with Crippen molar-refractivity contribution in [1.29, 1.82) is 0 Å². The van der Waals surface area contributed by atoms with Crippen molar-refractivity contribution in [3.63, 3.8) is 0 Å². The Hall–Kier alpha value is -2.41. The number of ether oxygens (including phenoxy) is 3. The zero-order valence-corrected chi connectivity index (χ0v) is 16.6. The summed E-state index contributed by atoms with van der Waals surface area (Å²) in [6.07, 6.45) is 0. The summed E-state index contributed by atoms with van der Waals surface area (Å²) >= 11 is 1.63. The maximum Gasteiger partial charge on any atom is 0.255 e. The van der Waals surface area contributed by atoms with Crippen LogP contribution >= 0.6 is 11.8 Å². The van der Waals surface area contributed by atoms with Gasteiger partial charge in [-0.05, 0) is 30.7 Å². The van der Waals surface area contributed by atoms with Gasteiger partial charge in [-0.1, -0.05) is 6.07 Å². The number of hydrogen-bond donors (Lipinski definition) is 0. The molecule has 0 spiro atoms. The highest BCUT2D eigenvalue weighted by atomic mass is 32.2. The molecule has 1 heterocycles. The molecule has 27 heavy (non-hydrogen) atoms. The molecule has 1 atom stereocenters. The van der Waals surface area contributed by atoms with Crippen LogP contribution in [0.25, 0.3) is 0 Å². The summed E-state index contributed by atoms with van der Waals surface area (Å²) in [7, 11) is 4.70. The minimum absolute atomic E-state index is 0.208. The van der Waals surface area contributed by atoms with E-state index in [1.807, 2.05) is 6.07 Å². The van der Waals surface area contributed by atoms with Crippen LogP contribution in [0.3, 0.4) is 0 Å². The van der Waals surface area contributed by atoms with Crippen LogP contribution in [0.2, 0.25) is 0 Å². The number of carbonyl (C=O) groups excluding carboxylic acids is 1. The third-order valence-electron chi connectivity index (χ3n) is 4.57. The third kappa shape index (κ3) is 3.69. The van der Waals surface area contributed by atoms with Gasteiger partial charge in [0.15, 0.2) is 11.5 Å². The van der Waals surface area contributed by atoms with E-state index < -0.39 is 0 Å². The monoisotopic (exact) mass is 391 g/mol. The SMILES string of the molecule is COc1cc(OC)c(C2SCCN2C(=O)c2ccc(C)c(F)c2)cc1OC. The molecule has 0 saturated carbocycles. The number of thioether (sulfide) groups is 1. The van der Waals surface area contributed by atoms with E-state index in [0.29, 0.717) is 34.9 Å². The van der Waals surface area contributed by atoms with E-state index in [9.17, 15) is 9.18 Å². The number of carbonyl (C=O) groups is 1. The highest BCUT2D eigenvalue weighted by molar-refractivity contribution is 7.99. The van der Waals surface area contributed by atoms with E-state index in [2.05, 4.69) is 0 Å². The normalized spacial score (nSPS) is 16.3. The Kier molecular flexibility index (Phi) is 5.79. The number of rotatable bonds is 5. The van der Waals surface area contributed by atoms with Gasteiger partial charge in [0.05, 0.1) is 21.3 Å². The lowest BCUT2D eigenvalue weighted by atomic mass is 10.1. The van der Waals surface area contributed by atoms with Crippen molar-refractivity contribution in [3.8, 4) is 17.2 Å². The Labute approximate surface area is 162 Å². The molecule has 1 amide bonds. The summed E-state index contributed by atoms with van der Waals surface area (Å²) in [6.45, 7) is 2.24. The van der Waals surface area contributed by atoms with E-state index in [4.69, 9.17) is 14.2 Å². The molecule has 2 aromatic rings. The molecule has 1 aliphatic heterocycles. The lowest BCUT2D eigenvalue weighted by molar-refractivity contribution is 0.0758. The van der Waals surface area contributed by atoms with Gasteiger partial charge < -0.3 is 19.1 Å². The van der Waals surface area contributed by atoms with Crippen LogP contribution in [0.5, 0.6) is 17.2 Å². The summed E-state index contributed by atoms with van der Waals surface area (Å²) in [5.41, 5.74) is 1.67. The summed E-state index contributed by atoms with van der Waals surface area (Å²) in [5.74, 6) is 1.92. The first-order chi connectivity index (χ1) is 13.0. The molecule has 5 nitrogen and oxygen atoms in total. The van der Waals surface area contributed by atoms with Gasteiger partial charge in [-0.15, -0.1) is 11.8 Å². The number of aryl methyl sites for hydroxylation is 1. The highest BCUT2D eigenvalue weighted by Crippen LogP contribution is 2.46. The number of methoxy groups -OCH3 is 3. The zero-order chi connectivity index (χ0) is 19.6. The molecule has 0 aliphatic carbocycles. The second-order valence-electron chi connectivity index (χ2n) is 6.13. The van der Waals surface area contributed by atoms with Gasteiger partial charge >= 0.3 is 0 Å². The molecule has 144 valence electrons. The summed E-state index contributed by atoms with van der Waals surface area (Å²) < 4.78 is 30.2. The van der Waals surface area contributed by atoms with Crippen LogP contribution in [0.15, 0.2) is 30.3 Å². The van der Waals surface area contributed by atoms with Crippen molar-refractivity contribution >= 4 is 17.7 Å². The van der Waals surface area contributed by atoms with Gasteiger partial charge in [0, 0.05) is 29.5 Å². The van der Waals surface area contributed by atoms with Gasteiger partial charge in [0.2, 0.25) is 0 Å².